The molecule has 5 N–H and O–H groups in total. The Morgan fingerprint density at radius 1 is 1.10 bits per heavy atom. The summed E-state index contributed by atoms with van der Waals surface area (Å²) in [6, 6.07) is 9.23. The van der Waals surface area contributed by atoms with Crippen LogP contribution >= 0.6 is 12.4 Å². The van der Waals surface area contributed by atoms with Gasteiger partial charge in [0.1, 0.15) is 18.2 Å². The topological polar surface area (TPSA) is 134 Å². The summed E-state index contributed by atoms with van der Waals surface area (Å²) in [6.07, 6.45) is -0.0403. The number of anilines is 2. The summed E-state index contributed by atoms with van der Waals surface area (Å²) in [6.45, 7) is 0.864. The van der Waals surface area contributed by atoms with Gasteiger partial charge in [-0.25, -0.2) is 27.2 Å². The zero-order valence-corrected chi connectivity index (χ0v) is 21.4. The maximum atomic E-state index is 13.9. The van der Waals surface area contributed by atoms with Crippen LogP contribution in [0.3, 0.4) is 0 Å². The molecule has 0 bridgehead atoms. The number of alkyl halides is 2. The van der Waals surface area contributed by atoms with Gasteiger partial charge in [-0.3, -0.25) is 4.79 Å². The van der Waals surface area contributed by atoms with Gasteiger partial charge in [0.25, 0.3) is 6.43 Å². The number of nitrogen functional groups attached to an aromatic ring is 2. The number of hydrogen-bond acceptors (Lipinski definition) is 7. The summed E-state index contributed by atoms with van der Waals surface area (Å²) in [5.41, 5.74) is 13.9. The highest BCUT2D eigenvalue weighted by Crippen LogP contribution is 2.31. The molecule has 0 unspecified atom stereocenters. The summed E-state index contributed by atoms with van der Waals surface area (Å²) in [7, 11) is 0. The number of hydrogen-bond donors (Lipinski definition) is 3. The number of ketones is 1. The number of para-hydroxylation sites is 1. The predicted molar refractivity (Wildman–Crippen MR) is 142 cm³/mol. The summed E-state index contributed by atoms with van der Waals surface area (Å²) >= 11 is 0. The molecule has 9 nitrogen and oxygen atoms in total. The zero-order chi connectivity index (χ0) is 27.8. The van der Waals surface area contributed by atoms with Gasteiger partial charge in [0, 0.05) is 17.0 Å². The van der Waals surface area contributed by atoms with Gasteiger partial charge in [-0.1, -0.05) is 6.07 Å². The van der Waals surface area contributed by atoms with Crippen LogP contribution in [0, 0.1) is 18.6 Å². The van der Waals surface area contributed by atoms with Gasteiger partial charge in [-0.2, -0.15) is 5.10 Å². The number of halogens is 5. The minimum Gasteiger partial charge on any atom is -0.485 e. The number of pyridine rings is 1. The first-order chi connectivity index (χ1) is 18.6. The molecule has 2 aromatic carbocycles. The van der Waals surface area contributed by atoms with E-state index in [-0.39, 0.29) is 46.8 Å². The molecule has 0 fully saturated rings. The van der Waals surface area contributed by atoms with Gasteiger partial charge in [-0.15, -0.1) is 12.4 Å². The first kappa shape index (κ1) is 28.2. The van der Waals surface area contributed by atoms with Crippen molar-refractivity contribution in [2.24, 2.45) is 0 Å². The number of aromatic nitrogens is 4. The number of nitrogens with two attached hydrogens (primary N) is 2. The molecule has 0 spiro atoms. The van der Waals surface area contributed by atoms with Crippen LogP contribution in [-0.2, 0) is 0 Å². The van der Waals surface area contributed by atoms with E-state index in [2.05, 4.69) is 15.1 Å². The standard InChI is InChI=1S/C26H20F4N6O3.ClH/c1-12-5-23(39-25-15(27)3-2-4-16(25)28)33-10-20(12)36-26(32)14(9-34-36)24(37)19-6-13-7-21(38-11-22(29)30)17(31)8-18(13)35-19;/h2-10,22,35H,11,31-32H2,1H3;1H. The Kier molecular flexibility index (Phi) is 7.86. The average Bonchev–Trinajstić information content (AvgIpc) is 3.47. The van der Waals surface area contributed by atoms with Crippen LogP contribution in [-0.4, -0.2) is 38.6 Å². The van der Waals surface area contributed by atoms with Crippen molar-refractivity contribution < 1.29 is 31.8 Å². The Hall–Kier alpha value is -4.78. The Morgan fingerprint density at radius 3 is 2.50 bits per heavy atom. The quantitative estimate of drug-likeness (QED) is 0.125. The molecule has 3 heterocycles. The van der Waals surface area contributed by atoms with Crippen LogP contribution in [0.4, 0.5) is 29.1 Å². The molecule has 0 aliphatic carbocycles. The van der Waals surface area contributed by atoms with Crippen LogP contribution in [0.25, 0.3) is 16.6 Å². The largest absolute Gasteiger partial charge is 0.485 e. The monoisotopic (exact) mass is 576 g/mol. The van der Waals surface area contributed by atoms with Gasteiger partial charge in [0.2, 0.25) is 17.4 Å². The number of aryl methyl sites for hydroxylation is 1. The third kappa shape index (κ3) is 5.36. The Labute approximate surface area is 230 Å². The second-order valence-corrected chi connectivity index (χ2v) is 8.51. The van der Waals surface area contributed by atoms with Crippen LogP contribution < -0.4 is 20.9 Å². The third-order valence-electron chi connectivity index (χ3n) is 5.82. The smallest absolute Gasteiger partial charge is 0.272 e. The van der Waals surface area contributed by atoms with Gasteiger partial charge >= 0.3 is 0 Å². The summed E-state index contributed by atoms with van der Waals surface area (Å²) in [5.74, 6) is -2.81. The fourth-order valence-electron chi connectivity index (χ4n) is 3.93. The van der Waals surface area contributed by atoms with E-state index in [0.29, 0.717) is 22.2 Å². The number of nitrogens with one attached hydrogen (secondary N) is 1. The van der Waals surface area contributed by atoms with E-state index in [9.17, 15) is 22.4 Å². The first-order valence-electron chi connectivity index (χ1n) is 11.4. The fraction of sp³-hybridized carbons (Fsp3) is 0.115. The van der Waals surface area contributed by atoms with Gasteiger partial charge < -0.3 is 25.9 Å². The van der Waals surface area contributed by atoms with Crippen LogP contribution in [0.5, 0.6) is 17.4 Å². The Balaban J connectivity index is 0.00000370. The van der Waals surface area contributed by atoms with Crippen molar-refractivity contribution >= 4 is 40.6 Å². The van der Waals surface area contributed by atoms with Crippen molar-refractivity contribution in [2.75, 3.05) is 18.1 Å². The molecule has 0 aliphatic rings. The number of ether oxygens (including phenoxy) is 2. The highest BCUT2D eigenvalue weighted by Gasteiger charge is 2.22. The molecule has 14 heteroatoms. The maximum absolute atomic E-state index is 13.9. The van der Waals surface area contributed by atoms with E-state index in [1.807, 2.05) is 0 Å². The summed E-state index contributed by atoms with van der Waals surface area (Å²) in [5, 5.41) is 4.72. The summed E-state index contributed by atoms with van der Waals surface area (Å²) in [4.78, 5) is 20.3. The number of carbonyl (C=O) groups excluding carboxylic acids is 1. The number of nitrogens with zero attached hydrogens (tertiary/aromatic N) is 3. The lowest BCUT2D eigenvalue weighted by molar-refractivity contribution is 0.0823. The highest BCUT2D eigenvalue weighted by molar-refractivity contribution is 6.12. The molecule has 5 aromatic rings. The number of aromatic amines is 1. The Morgan fingerprint density at radius 2 is 1.82 bits per heavy atom. The predicted octanol–water partition coefficient (Wildman–Crippen LogP) is 5.59. The van der Waals surface area contributed by atoms with Crippen molar-refractivity contribution in [3.8, 4) is 23.1 Å². The molecule has 208 valence electrons. The second-order valence-electron chi connectivity index (χ2n) is 8.51. The lowest BCUT2D eigenvalue weighted by Gasteiger charge is -2.11. The minimum atomic E-state index is -2.67. The molecule has 0 aliphatic heterocycles. The van der Waals surface area contributed by atoms with E-state index >= 15 is 0 Å². The van der Waals surface area contributed by atoms with E-state index in [1.165, 1.54) is 47.4 Å². The average molecular weight is 577 g/mol. The molecule has 40 heavy (non-hydrogen) atoms. The molecule has 0 saturated carbocycles. The van der Waals surface area contributed by atoms with Crippen molar-refractivity contribution in [3.63, 3.8) is 0 Å². The molecule has 3 aromatic heterocycles. The van der Waals surface area contributed by atoms with Crippen LogP contribution in [0.2, 0.25) is 0 Å². The lowest BCUT2D eigenvalue weighted by atomic mass is 10.1. The molecular weight excluding hydrogens is 556 g/mol. The number of benzene rings is 2. The maximum Gasteiger partial charge on any atom is 0.272 e. The Bertz CT molecular complexity index is 1700. The minimum absolute atomic E-state index is 0. The van der Waals surface area contributed by atoms with Crippen LogP contribution in [0.1, 0.15) is 21.6 Å². The molecular formula is C26H21ClF4N6O3. The van der Waals surface area contributed by atoms with Crippen molar-refractivity contribution in [3.05, 3.63) is 83.3 Å². The first-order valence-corrected chi connectivity index (χ1v) is 11.4. The number of rotatable bonds is 8. The molecule has 0 radical (unpaired) electrons. The molecule has 0 atom stereocenters. The normalized spacial score (nSPS) is 11.1. The van der Waals surface area contributed by atoms with Crippen molar-refractivity contribution in [1.82, 2.24) is 19.7 Å². The molecule has 0 saturated heterocycles. The number of H-pyrrole nitrogens is 1. The highest BCUT2D eigenvalue weighted by atomic mass is 35.5. The van der Waals surface area contributed by atoms with E-state index in [0.717, 1.165) is 12.1 Å². The number of fused-ring (bicyclic) bond motifs is 1. The second kappa shape index (κ2) is 11.1. The molecule has 0 amide bonds. The van der Waals surface area contributed by atoms with Gasteiger partial charge in [0.05, 0.1) is 35.0 Å². The van der Waals surface area contributed by atoms with Crippen LogP contribution in [0.15, 0.2) is 54.9 Å². The van der Waals surface area contributed by atoms with Crippen molar-refractivity contribution in [1.29, 1.82) is 0 Å². The van der Waals surface area contributed by atoms with Crippen molar-refractivity contribution in [2.45, 2.75) is 13.3 Å². The van der Waals surface area contributed by atoms with Gasteiger partial charge in [0.15, 0.2) is 11.6 Å². The van der Waals surface area contributed by atoms with E-state index in [4.69, 9.17) is 20.9 Å². The zero-order valence-electron chi connectivity index (χ0n) is 20.6. The molecule has 5 rings (SSSR count). The lowest BCUT2D eigenvalue weighted by Crippen LogP contribution is -2.09. The van der Waals surface area contributed by atoms with E-state index in [1.54, 1.807) is 6.92 Å². The summed E-state index contributed by atoms with van der Waals surface area (Å²) < 4.78 is 64.5. The fourth-order valence-corrected chi connectivity index (χ4v) is 3.93. The number of carbonyl (C=O) groups is 1. The van der Waals surface area contributed by atoms with E-state index < -0.39 is 36.2 Å². The SMILES string of the molecule is Cc1cc(Oc2c(F)cccc2F)ncc1-n1ncc(C(=O)c2cc3cc(OCC(F)F)c(N)cc3[nH]2)c1N.Cl. The van der Waals surface area contributed by atoms with Gasteiger partial charge in [-0.05, 0) is 42.8 Å². The third-order valence-corrected chi connectivity index (χ3v) is 5.82.